The lowest BCUT2D eigenvalue weighted by Gasteiger charge is -2.01. The lowest BCUT2D eigenvalue weighted by atomic mass is 10.0. The van der Waals surface area contributed by atoms with E-state index in [-0.39, 0.29) is 18.2 Å². The second-order valence-electron chi connectivity index (χ2n) is 3.20. The summed E-state index contributed by atoms with van der Waals surface area (Å²) in [5, 5.41) is 8.59. The predicted molar refractivity (Wildman–Crippen MR) is 57.1 cm³/mol. The van der Waals surface area contributed by atoms with Crippen molar-refractivity contribution in [3.8, 4) is 0 Å². The molecular formula is C12H13FO2. The first-order valence-electron chi connectivity index (χ1n) is 4.73. The maximum Gasteiger partial charge on any atom is 0.160 e. The molecule has 1 rings (SSSR count). The van der Waals surface area contributed by atoms with Gasteiger partial charge in [-0.2, -0.15) is 0 Å². The normalized spacial score (nSPS) is 10.9. The van der Waals surface area contributed by atoms with Crippen LogP contribution in [-0.4, -0.2) is 17.5 Å². The maximum atomic E-state index is 12.9. The lowest BCUT2D eigenvalue weighted by molar-refractivity contribution is 0.101. The van der Waals surface area contributed by atoms with E-state index in [9.17, 15) is 9.18 Å². The van der Waals surface area contributed by atoms with Gasteiger partial charge in [-0.25, -0.2) is 4.39 Å². The van der Waals surface area contributed by atoms with Crippen LogP contribution in [0.25, 0.3) is 6.08 Å². The molecule has 1 N–H and O–H groups in total. The number of aliphatic hydroxyl groups excluding tert-OH is 1. The van der Waals surface area contributed by atoms with Crippen LogP contribution in [0.15, 0.2) is 24.3 Å². The first-order chi connectivity index (χ1) is 7.15. The maximum absolute atomic E-state index is 12.9. The van der Waals surface area contributed by atoms with Gasteiger partial charge in [0, 0.05) is 12.2 Å². The van der Waals surface area contributed by atoms with E-state index in [1.165, 1.54) is 25.1 Å². The Bertz CT molecular complexity index is 383. The van der Waals surface area contributed by atoms with E-state index in [0.29, 0.717) is 17.5 Å². The van der Waals surface area contributed by atoms with Crippen molar-refractivity contribution >= 4 is 11.9 Å². The van der Waals surface area contributed by atoms with Crippen molar-refractivity contribution in [3.63, 3.8) is 0 Å². The number of carbonyl (C=O) groups is 1. The fraction of sp³-hybridized carbons (Fsp3) is 0.250. The Morgan fingerprint density at radius 1 is 1.53 bits per heavy atom. The topological polar surface area (TPSA) is 37.3 Å². The summed E-state index contributed by atoms with van der Waals surface area (Å²) < 4.78 is 12.9. The Balaban J connectivity index is 3.02. The van der Waals surface area contributed by atoms with Gasteiger partial charge >= 0.3 is 0 Å². The average Bonchev–Trinajstić information content (AvgIpc) is 2.18. The molecule has 0 unspecified atom stereocenters. The first-order valence-corrected chi connectivity index (χ1v) is 4.73. The highest BCUT2D eigenvalue weighted by Crippen LogP contribution is 2.14. The summed E-state index contributed by atoms with van der Waals surface area (Å²) in [6, 6.07) is 4.04. The zero-order valence-electron chi connectivity index (χ0n) is 8.53. The van der Waals surface area contributed by atoms with E-state index in [0.717, 1.165) is 0 Å². The molecule has 1 aromatic rings. The molecule has 0 saturated heterocycles. The molecule has 0 saturated carbocycles. The molecular weight excluding hydrogens is 195 g/mol. The Hall–Kier alpha value is -1.48. The summed E-state index contributed by atoms with van der Waals surface area (Å²) >= 11 is 0. The van der Waals surface area contributed by atoms with E-state index >= 15 is 0 Å². The third kappa shape index (κ3) is 3.29. The van der Waals surface area contributed by atoms with Crippen molar-refractivity contribution in [2.24, 2.45) is 0 Å². The summed E-state index contributed by atoms with van der Waals surface area (Å²) in [4.78, 5) is 11.2. The SMILES string of the molecule is CC(=O)c1ccc(F)cc1C=CCCO. The van der Waals surface area contributed by atoms with Crippen LogP contribution in [0.4, 0.5) is 4.39 Å². The summed E-state index contributed by atoms with van der Waals surface area (Å²) in [7, 11) is 0. The largest absolute Gasteiger partial charge is 0.396 e. The van der Waals surface area contributed by atoms with Crippen LogP contribution in [0.5, 0.6) is 0 Å². The number of hydrogen-bond donors (Lipinski definition) is 1. The fourth-order valence-electron chi connectivity index (χ4n) is 1.28. The van der Waals surface area contributed by atoms with Gasteiger partial charge in [0.15, 0.2) is 5.78 Å². The minimum Gasteiger partial charge on any atom is -0.396 e. The van der Waals surface area contributed by atoms with Gasteiger partial charge in [0.1, 0.15) is 5.82 Å². The van der Waals surface area contributed by atoms with Crippen LogP contribution >= 0.6 is 0 Å². The van der Waals surface area contributed by atoms with Crippen molar-refractivity contribution in [1.82, 2.24) is 0 Å². The number of Topliss-reactive ketones (excluding diaryl/α,β-unsaturated/α-hetero) is 1. The van der Waals surface area contributed by atoms with E-state index in [1.54, 1.807) is 12.2 Å². The summed E-state index contributed by atoms with van der Waals surface area (Å²) in [5.74, 6) is -0.470. The second-order valence-corrected chi connectivity index (χ2v) is 3.20. The highest BCUT2D eigenvalue weighted by molar-refractivity contribution is 5.97. The summed E-state index contributed by atoms with van der Waals surface area (Å²) in [5.41, 5.74) is 1.04. The first kappa shape index (κ1) is 11.6. The number of hydrogen-bond acceptors (Lipinski definition) is 2. The number of halogens is 1. The van der Waals surface area contributed by atoms with Crippen molar-refractivity contribution in [2.75, 3.05) is 6.61 Å². The molecule has 0 aliphatic heterocycles. The Morgan fingerprint density at radius 3 is 2.87 bits per heavy atom. The quantitative estimate of drug-likeness (QED) is 0.771. The highest BCUT2D eigenvalue weighted by atomic mass is 19.1. The molecule has 15 heavy (non-hydrogen) atoms. The van der Waals surface area contributed by atoms with E-state index in [2.05, 4.69) is 0 Å². The molecule has 0 amide bonds. The van der Waals surface area contributed by atoms with Gasteiger partial charge in [-0.3, -0.25) is 4.79 Å². The van der Waals surface area contributed by atoms with Crippen LogP contribution < -0.4 is 0 Å². The molecule has 1 aromatic carbocycles. The van der Waals surface area contributed by atoms with Crippen LogP contribution in [0, 0.1) is 5.82 Å². The van der Waals surface area contributed by atoms with Crippen molar-refractivity contribution in [2.45, 2.75) is 13.3 Å². The van der Waals surface area contributed by atoms with Crippen LogP contribution in [0.1, 0.15) is 29.3 Å². The van der Waals surface area contributed by atoms with Gasteiger partial charge in [-0.05, 0) is 37.1 Å². The van der Waals surface area contributed by atoms with Gasteiger partial charge in [-0.15, -0.1) is 0 Å². The molecule has 0 spiro atoms. The lowest BCUT2D eigenvalue weighted by Crippen LogP contribution is -1.96. The molecule has 0 atom stereocenters. The Morgan fingerprint density at radius 2 is 2.27 bits per heavy atom. The Kier molecular flexibility index (Phi) is 4.18. The molecule has 3 heteroatoms. The van der Waals surface area contributed by atoms with E-state index < -0.39 is 0 Å². The molecule has 0 aliphatic carbocycles. The third-order valence-electron chi connectivity index (χ3n) is 1.99. The van der Waals surface area contributed by atoms with E-state index in [4.69, 9.17) is 5.11 Å². The molecule has 2 nitrogen and oxygen atoms in total. The number of aliphatic hydroxyl groups is 1. The number of ketones is 1. The van der Waals surface area contributed by atoms with Gasteiger partial charge in [0.2, 0.25) is 0 Å². The molecule has 0 radical (unpaired) electrons. The van der Waals surface area contributed by atoms with Gasteiger partial charge in [0.05, 0.1) is 0 Å². The standard InChI is InChI=1S/C12H13FO2/c1-9(15)12-6-5-11(13)8-10(12)4-2-3-7-14/h2,4-6,8,14H,3,7H2,1H3. The van der Waals surface area contributed by atoms with Crippen LogP contribution in [-0.2, 0) is 0 Å². The zero-order chi connectivity index (χ0) is 11.3. The predicted octanol–water partition coefficient (Wildman–Crippen LogP) is 2.42. The fourth-order valence-corrected chi connectivity index (χ4v) is 1.28. The minimum absolute atomic E-state index is 0.0429. The molecule has 0 bridgehead atoms. The number of benzene rings is 1. The van der Waals surface area contributed by atoms with Crippen molar-refractivity contribution in [1.29, 1.82) is 0 Å². The van der Waals surface area contributed by atoms with Crippen LogP contribution in [0.3, 0.4) is 0 Å². The van der Waals surface area contributed by atoms with Gasteiger partial charge in [-0.1, -0.05) is 12.2 Å². The van der Waals surface area contributed by atoms with E-state index in [1.807, 2.05) is 0 Å². The van der Waals surface area contributed by atoms with Crippen molar-refractivity contribution in [3.05, 3.63) is 41.2 Å². The third-order valence-corrected chi connectivity index (χ3v) is 1.99. The van der Waals surface area contributed by atoms with Crippen molar-refractivity contribution < 1.29 is 14.3 Å². The van der Waals surface area contributed by atoms with Gasteiger partial charge < -0.3 is 5.11 Å². The smallest absolute Gasteiger partial charge is 0.160 e. The average molecular weight is 208 g/mol. The highest BCUT2D eigenvalue weighted by Gasteiger charge is 2.05. The molecule has 80 valence electrons. The summed E-state index contributed by atoms with van der Waals surface area (Å²) in [6.07, 6.45) is 3.85. The minimum atomic E-state index is -0.372. The molecule has 0 aromatic heterocycles. The molecule has 0 fully saturated rings. The number of carbonyl (C=O) groups excluding carboxylic acids is 1. The zero-order valence-corrected chi connectivity index (χ0v) is 8.53. The Labute approximate surface area is 88.1 Å². The second kappa shape index (κ2) is 5.41. The summed E-state index contributed by atoms with van der Waals surface area (Å²) in [6.45, 7) is 1.48. The number of rotatable bonds is 4. The van der Waals surface area contributed by atoms with Gasteiger partial charge in [0.25, 0.3) is 0 Å². The molecule has 0 aliphatic rings. The van der Waals surface area contributed by atoms with Crippen LogP contribution in [0.2, 0.25) is 0 Å². The monoisotopic (exact) mass is 208 g/mol. The molecule has 0 heterocycles.